The summed E-state index contributed by atoms with van der Waals surface area (Å²) in [5.41, 5.74) is 18.1. The zero-order valence-electron chi connectivity index (χ0n) is 13.5. The number of H-pyrrole nitrogens is 2. The van der Waals surface area contributed by atoms with Gasteiger partial charge in [0.1, 0.15) is 0 Å². The van der Waals surface area contributed by atoms with E-state index < -0.39 is 0 Å². The molecular weight excluding hydrogens is 296 g/mol. The molecule has 4 nitrogen and oxygen atoms in total. The molecule has 4 rings (SSSR count). The SMILES string of the molecule is NCCc1c(C(CN)c2c[nH]c3ccccc23)[nH]c2ccccc12. The van der Waals surface area contributed by atoms with E-state index in [1.165, 1.54) is 27.6 Å². The van der Waals surface area contributed by atoms with Crippen LogP contribution in [0.15, 0.2) is 54.7 Å². The molecule has 0 bridgehead atoms. The highest BCUT2D eigenvalue weighted by Crippen LogP contribution is 2.34. The zero-order valence-corrected chi connectivity index (χ0v) is 13.5. The van der Waals surface area contributed by atoms with Gasteiger partial charge >= 0.3 is 0 Å². The van der Waals surface area contributed by atoms with Gasteiger partial charge in [-0.2, -0.15) is 0 Å². The van der Waals surface area contributed by atoms with Crippen LogP contribution in [-0.4, -0.2) is 23.1 Å². The maximum absolute atomic E-state index is 6.21. The quantitative estimate of drug-likeness (QED) is 0.455. The average molecular weight is 318 g/mol. The lowest BCUT2D eigenvalue weighted by Crippen LogP contribution is -2.16. The summed E-state index contributed by atoms with van der Waals surface area (Å²) >= 11 is 0. The molecular formula is C20H22N4. The maximum atomic E-state index is 6.21. The van der Waals surface area contributed by atoms with Crippen molar-refractivity contribution in [1.29, 1.82) is 0 Å². The fourth-order valence-corrected chi connectivity index (χ4v) is 3.71. The number of aromatic amines is 2. The Hall–Kier alpha value is -2.56. The maximum Gasteiger partial charge on any atom is 0.0459 e. The van der Waals surface area contributed by atoms with E-state index in [4.69, 9.17) is 11.5 Å². The smallest absolute Gasteiger partial charge is 0.0459 e. The zero-order chi connectivity index (χ0) is 16.5. The van der Waals surface area contributed by atoms with Crippen molar-refractivity contribution in [2.45, 2.75) is 12.3 Å². The summed E-state index contributed by atoms with van der Waals surface area (Å²) in [6, 6.07) is 16.8. The second-order valence-electron chi connectivity index (χ2n) is 6.18. The monoisotopic (exact) mass is 318 g/mol. The molecule has 0 radical (unpaired) electrons. The molecule has 1 atom stereocenters. The number of hydrogen-bond acceptors (Lipinski definition) is 2. The number of rotatable bonds is 5. The number of fused-ring (bicyclic) bond motifs is 2. The van der Waals surface area contributed by atoms with Gasteiger partial charge in [-0.15, -0.1) is 0 Å². The minimum Gasteiger partial charge on any atom is -0.361 e. The van der Waals surface area contributed by atoms with Crippen LogP contribution in [0.25, 0.3) is 21.8 Å². The van der Waals surface area contributed by atoms with Gasteiger partial charge in [0, 0.05) is 46.2 Å². The minimum atomic E-state index is 0.120. The lowest BCUT2D eigenvalue weighted by Gasteiger charge is -2.16. The molecule has 0 aliphatic carbocycles. The van der Waals surface area contributed by atoms with Crippen molar-refractivity contribution in [3.63, 3.8) is 0 Å². The summed E-state index contributed by atoms with van der Waals surface area (Å²) in [6.07, 6.45) is 2.93. The van der Waals surface area contributed by atoms with Gasteiger partial charge in [-0.1, -0.05) is 36.4 Å². The second-order valence-corrected chi connectivity index (χ2v) is 6.18. The summed E-state index contributed by atoms with van der Waals surface area (Å²) < 4.78 is 0. The number of nitrogens with two attached hydrogens (primary N) is 2. The molecule has 0 saturated heterocycles. The van der Waals surface area contributed by atoms with Crippen molar-refractivity contribution in [1.82, 2.24) is 9.97 Å². The third-order valence-electron chi connectivity index (χ3n) is 4.82. The van der Waals surface area contributed by atoms with Crippen LogP contribution in [0.5, 0.6) is 0 Å². The van der Waals surface area contributed by atoms with Gasteiger partial charge in [-0.05, 0) is 36.2 Å². The highest BCUT2D eigenvalue weighted by Gasteiger charge is 2.22. The molecule has 0 aliphatic rings. The van der Waals surface area contributed by atoms with Crippen LogP contribution in [0.4, 0.5) is 0 Å². The van der Waals surface area contributed by atoms with Crippen LogP contribution >= 0.6 is 0 Å². The first-order chi connectivity index (χ1) is 11.8. The molecule has 2 aromatic carbocycles. The summed E-state index contributed by atoms with van der Waals surface area (Å²) in [7, 11) is 0. The molecule has 4 aromatic rings. The van der Waals surface area contributed by atoms with Gasteiger partial charge in [0.2, 0.25) is 0 Å². The molecule has 0 spiro atoms. The van der Waals surface area contributed by atoms with Crippen molar-refractivity contribution in [2.75, 3.05) is 13.1 Å². The minimum absolute atomic E-state index is 0.120. The lowest BCUT2D eigenvalue weighted by molar-refractivity contribution is 0.784. The van der Waals surface area contributed by atoms with Gasteiger partial charge in [-0.3, -0.25) is 0 Å². The van der Waals surface area contributed by atoms with Crippen molar-refractivity contribution < 1.29 is 0 Å². The molecule has 1 unspecified atom stereocenters. The van der Waals surface area contributed by atoms with Gasteiger partial charge in [-0.25, -0.2) is 0 Å². The highest BCUT2D eigenvalue weighted by molar-refractivity contribution is 5.87. The van der Waals surface area contributed by atoms with Crippen LogP contribution in [0.3, 0.4) is 0 Å². The van der Waals surface area contributed by atoms with E-state index >= 15 is 0 Å². The molecule has 24 heavy (non-hydrogen) atoms. The van der Waals surface area contributed by atoms with E-state index in [1.54, 1.807) is 0 Å². The molecule has 0 aliphatic heterocycles. The van der Waals surface area contributed by atoms with E-state index in [2.05, 4.69) is 58.6 Å². The third kappa shape index (κ3) is 2.31. The first kappa shape index (κ1) is 15.0. The number of hydrogen-bond donors (Lipinski definition) is 4. The molecule has 2 aromatic heterocycles. The first-order valence-electron chi connectivity index (χ1n) is 8.39. The highest BCUT2D eigenvalue weighted by atomic mass is 14.8. The lowest BCUT2D eigenvalue weighted by atomic mass is 9.91. The molecule has 122 valence electrons. The van der Waals surface area contributed by atoms with Gasteiger partial charge in [0.05, 0.1) is 0 Å². The van der Waals surface area contributed by atoms with Crippen LogP contribution in [0.2, 0.25) is 0 Å². The van der Waals surface area contributed by atoms with E-state index in [1.807, 2.05) is 6.07 Å². The van der Waals surface area contributed by atoms with Gasteiger partial charge in [0.25, 0.3) is 0 Å². The number of benzene rings is 2. The molecule has 4 heteroatoms. The number of nitrogens with one attached hydrogen (secondary N) is 2. The van der Waals surface area contributed by atoms with Crippen LogP contribution in [0, 0.1) is 0 Å². The summed E-state index contributed by atoms with van der Waals surface area (Å²) in [4.78, 5) is 6.97. The molecule has 0 saturated carbocycles. The Labute approximate surface area is 140 Å². The topological polar surface area (TPSA) is 83.6 Å². The Morgan fingerprint density at radius 3 is 2.33 bits per heavy atom. The predicted octanol–water partition coefficient (Wildman–Crippen LogP) is 3.24. The predicted molar refractivity (Wildman–Crippen MR) is 100 cm³/mol. The first-order valence-corrected chi connectivity index (χ1v) is 8.39. The van der Waals surface area contributed by atoms with E-state index in [-0.39, 0.29) is 5.92 Å². The van der Waals surface area contributed by atoms with Crippen molar-refractivity contribution in [3.8, 4) is 0 Å². The van der Waals surface area contributed by atoms with Crippen molar-refractivity contribution in [3.05, 3.63) is 71.5 Å². The fourth-order valence-electron chi connectivity index (χ4n) is 3.71. The number of para-hydroxylation sites is 2. The Morgan fingerprint density at radius 1 is 0.875 bits per heavy atom. The summed E-state index contributed by atoms with van der Waals surface area (Å²) in [6.45, 7) is 1.17. The normalized spacial score (nSPS) is 12.9. The van der Waals surface area contributed by atoms with E-state index in [0.717, 1.165) is 17.5 Å². The molecule has 2 heterocycles. The Kier molecular flexibility index (Phi) is 3.84. The van der Waals surface area contributed by atoms with Crippen molar-refractivity contribution in [2.24, 2.45) is 11.5 Å². The molecule has 0 amide bonds. The molecule has 6 N–H and O–H groups in total. The molecule has 0 fully saturated rings. The average Bonchev–Trinajstić information content (AvgIpc) is 3.19. The van der Waals surface area contributed by atoms with E-state index in [9.17, 15) is 0 Å². The van der Waals surface area contributed by atoms with E-state index in [0.29, 0.717) is 13.1 Å². The number of aromatic nitrogens is 2. The standard InChI is InChI=1S/C20H22N4/c21-10-9-15-13-5-2-4-8-19(13)24-20(15)16(11-22)17-12-23-18-7-3-1-6-14(17)18/h1-8,12,16,23-24H,9-11,21-22H2. The van der Waals surface area contributed by atoms with Crippen LogP contribution < -0.4 is 11.5 Å². The Morgan fingerprint density at radius 2 is 1.58 bits per heavy atom. The second kappa shape index (κ2) is 6.15. The van der Waals surface area contributed by atoms with Crippen molar-refractivity contribution >= 4 is 21.8 Å². The van der Waals surface area contributed by atoms with Gasteiger partial charge < -0.3 is 21.4 Å². The fraction of sp³-hybridized carbons (Fsp3) is 0.200. The van der Waals surface area contributed by atoms with Crippen LogP contribution in [0.1, 0.15) is 22.7 Å². The Bertz CT molecular complexity index is 980. The Balaban J connectivity index is 1.92. The summed E-state index contributed by atoms with van der Waals surface area (Å²) in [5.74, 6) is 0.120. The summed E-state index contributed by atoms with van der Waals surface area (Å²) in [5, 5.41) is 2.47. The third-order valence-corrected chi connectivity index (χ3v) is 4.82. The largest absolute Gasteiger partial charge is 0.361 e. The van der Waals surface area contributed by atoms with Crippen LogP contribution in [-0.2, 0) is 6.42 Å². The van der Waals surface area contributed by atoms with Gasteiger partial charge in [0.15, 0.2) is 0 Å².